The zero-order valence-electron chi connectivity index (χ0n) is 71.9. The molecule has 9 N–H and O–H groups in total. The summed E-state index contributed by atoms with van der Waals surface area (Å²) in [4.78, 5) is 98.7. The highest BCUT2D eigenvalue weighted by molar-refractivity contribution is 6.99. The maximum Gasteiger partial charge on any atom is 0.405 e. The molecule has 4 aromatic rings. The zero-order valence-corrected chi connectivity index (χ0v) is 73.9. The minimum absolute atomic E-state index is 0.0822. The molecule has 0 saturated carbocycles. The van der Waals surface area contributed by atoms with Crippen molar-refractivity contribution in [3.63, 3.8) is 0 Å². The third-order valence-electron chi connectivity index (χ3n) is 23.5. The molecule has 11 atom stereocenters. The Labute approximate surface area is 706 Å². The molecule has 0 aromatic heterocycles. The van der Waals surface area contributed by atoms with Crippen LogP contribution in [-0.4, -0.2) is 207 Å². The Morgan fingerprint density at radius 1 is 0.723 bits per heavy atom. The van der Waals surface area contributed by atoms with Gasteiger partial charge in [0.2, 0.25) is 11.6 Å². The number of hydrogen-bond acceptors (Lipinski definition) is 20. The van der Waals surface area contributed by atoms with E-state index in [1.54, 1.807) is 50.3 Å². The van der Waals surface area contributed by atoms with Crippen molar-refractivity contribution < 1.29 is 61.7 Å². The molecule has 2 bridgehead atoms. The van der Waals surface area contributed by atoms with Crippen molar-refractivity contribution >= 4 is 79.5 Å². The van der Waals surface area contributed by atoms with Crippen molar-refractivity contribution in [2.75, 3.05) is 79.9 Å². The highest BCUT2D eigenvalue weighted by Gasteiger charge is 2.53. The van der Waals surface area contributed by atoms with Gasteiger partial charge in [-0.15, -0.1) is 0 Å². The topological polar surface area (TPSA) is 307 Å². The number of carbonyl (C=O) groups is 6. The summed E-state index contributed by atoms with van der Waals surface area (Å²) in [5.41, 5.74) is 6.97. The highest BCUT2D eigenvalue weighted by Crippen LogP contribution is 2.43. The van der Waals surface area contributed by atoms with Crippen LogP contribution in [0.4, 0.5) is 4.79 Å². The van der Waals surface area contributed by atoms with Gasteiger partial charge < -0.3 is 80.3 Å². The van der Waals surface area contributed by atoms with Crippen molar-refractivity contribution in [3.05, 3.63) is 215 Å². The van der Waals surface area contributed by atoms with Gasteiger partial charge in [-0.2, -0.15) is 0 Å². The van der Waals surface area contributed by atoms with Gasteiger partial charge in [0.05, 0.1) is 55.5 Å². The van der Waals surface area contributed by atoms with Crippen LogP contribution in [0.2, 0.25) is 10.1 Å². The van der Waals surface area contributed by atoms with E-state index in [0.717, 1.165) is 81.5 Å². The lowest BCUT2D eigenvalue weighted by Gasteiger charge is -2.45. The molecule has 24 nitrogen and oxygen atoms in total. The number of hydrogen-bond donors (Lipinski definition) is 8. The second kappa shape index (κ2) is 42.4. The third-order valence-corrected chi connectivity index (χ3v) is 33.5. The molecule has 10 rings (SSSR count). The number of nitrogens with two attached hydrogens (primary N) is 1. The zero-order chi connectivity index (χ0) is 85.6. The largest absolute Gasteiger partial charge is 0.494 e. The number of primary amides is 1. The SMILES string of the molecule is C=C/C(=C\C=C/C)[Si](OC[C@H]1CCN2CC[C@H](CNC(=O)c3cc(OCCCCCCNC4=C5C[C@@H](C)C[C@H](OC)[C@H](O)[C@@H](C)/C=C(\C)[C@H](OC(N)=O)[C@@H](OC)/C=C\C=C(/C)C(=O)NC(=CC4=O)C5=O)cc(C(=O)NC[C@H]4CCN5CC[C@H](CO[Si](c6ccccc6)(c6ccccc6)C(C)(C)C)N=C5N4)c3)NC2=N1)(c1ccccc1)C(C)(C)C. The van der Waals surface area contributed by atoms with E-state index in [-0.39, 0.29) is 105 Å². The van der Waals surface area contributed by atoms with E-state index in [4.69, 9.17) is 43.5 Å². The number of ketones is 2. The van der Waals surface area contributed by atoms with Gasteiger partial charge >= 0.3 is 6.09 Å². The Morgan fingerprint density at radius 2 is 1.28 bits per heavy atom. The molecule has 0 spiro atoms. The number of nitrogens with zero attached hydrogens (tertiary/aromatic N) is 4. The second-order valence-corrected chi connectivity index (χ2v) is 42.9. The van der Waals surface area contributed by atoms with Gasteiger partial charge in [0.1, 0.15) is 11.9 Å². The number of allylic oxidation sites excluding steroid dienone is 9. The monoisotopic (exact) mass is 1660 g/mol. The lowest BCUT2D eigenvalue weighted by atomic mass is 9.85. The van der Waals surface area contributed by atoms with Crippen LogP contribution in [0, 0.1) is 11.8 Å². The number of rotatable bonds is 30. The summed E-state index contributed by atoms with van der Waals surface area (Å²) in [6.07, 6.45) is 17.4. The maximum absolute atomic E-state index is 14.6. The van der Waals surface area contributed by atoms with Gasteiger partial charge in [0.15, 0.2) is 18.0 Å². The Hall–Kier alpha value is -9.81. The fraction of sp³-hybridized carbons (Fsp3) is 0.484. The summed E-state index contributed by atoms with van der Waals surface area (Å²) < 4.78 is 38.2. The number of unbranched alkanes of at least 4 members (excludes halogenated alkanes) is 3. The van der Waals surface area contributed by atoms with Crippen molar-refractivity contribution in [3.8, 4) is 5.75 Å². The molecule has 0 radical (unpaired) electrons. The first-order chi connectivity index (χ1) is 57.0. The molecule has 4 aromatic carbocycles. The van der Waals surface area contributed by atoms with E-state index in [1.165, 1.54) is 35.9 Å². The number of guanidine groups is 2. The number of Topliss-reactive ketones (excluding diaryl/α,β-unsaturated/α-hetero) is 1. The summed E-state index contributed by atoms with van der Waals surface area (Å²) >= 11 is 0. The molecule has 2 saturated heterocycles. The number of ether oxygens (including phenoxy) is 4. The summed E-state index contributed by atoms with van der Waals surface area (Å²) in [6.45, 7) is 32.2. The van der Waals surface area contributed by atoms with Crippen LogP contribution in [0.15, 0.2) is 214 Å². The molecule has 1 unspecified atom stereocenters. The van der Waals surface area contributed by atoms with Crippen LogP contribution >= 0.6 is 0 Å². The molecular weight excluding hydrogens is 1540 g/mol. The molecule has 2 fully saturated rings. The van der Waals surface area contributed by atoms with Crippen LogP contribution in [0.1, 0.15) is 161 Å². The molecule has 4 amide bonds. The predicted molar refractivity (Wildman–Crippen MR) is 475 cm³/mol. The van der Waals surface area contributed by atoms with Gasteiger partial charge in [-0.05, 0) is 133 Å². The first-order valence-electron chi connectivity index (χ1n) is 42.3. The first kappa shape index (κ1) is 91.5. The number of benzene rings is 4. The second-order valence-electron chi connectivity index (χ2n) is 34.2. The fourth-order valence-corrected chi connectivity index (χ4v) is 26.1. The molecule has 119 heavy (non-hydrogen) atoms. The summed E-state index contributed by atoms with van der Waals surface area (Å²) in [5.74, 6) is -1.20. The number of nitrogens with one attached hydrogen (secondary N) is 6. The average Bonchev–Trinajstić information content (AvgIpc) is 0.755. The number of aliphatic hydroxyl groups is 1. The van der Waals surface area contributed by atoms with E-state index in [0.29, 0.717) is 63.4 Å². The van der Waals surface area contributed by atoms with Gasteiger partial charge in [0, 0.05) is 106 Å². The first-order valence-corrected chi connectivity index (χ1v) is 46.1. The smallest absolute Gasteiger partial charge is 0.405 e. The van der Waals surface area contributed by atoms with Crippen LogP contribution in [0.5, 0.6) is 5.75 Å². The standard InChI is InChI=1S/C93H127N11O13Si2/c1-15-17-33-73(16-2)118(92(7,8)9,74-34-23-20-24-35-74)115-60-70-43-48-103-46-41-68(98-90(103)100-70)58-96-87(109)66-54-67(88(110)97-59-69-42-47-104-49-44-71(101-91(104)99-69)61-116-119(93(10,11)12,75-36-25-21-26-37-75)76-38-27-22-28-39-76)56-72(55-66)114-50-30-19-18-29-45-95-82-77-51-62(3)52-81(113-14)83(106)64(5)53-65(6)85(117-89(94)111)80(112-13)40-31-32-63(4)86(108)102-78(84(77)107)57-79(82)105/h15-17,20-28,31-40,53-57,62,64,68-71,80-81,83,85,95,106H,2,18-19,29-30,41-52,58-61H2,1,3-14H3,(H2,94,111)(H,96,109)(H,97,110)(H,98,100)(H,99,101)(H,102,108)/b17-15-,40-31-,63-32+,65-53+,73-33+/t62-,64+,68-,69-,70-,71-,80+,81+,83-,85+,118?/m1/s1. The summed E-state index contributed by atoms with van der Waals surface area (Å²) in [5, 5.41) is 35.7. The molecule has 1 aliphatic carbocycles. The fourth-order valence-electron chi connectivity index (χ4n) is 17.0. The van der Waals surface area contributed by atoms with Crippen molar-refractivity contribution in [1.82, 2.24) is 41.7 Å². The Balaban J connectivity index is 0.808. The van der Waals surface area contributed by atoms with E-state index in [9.17, 15) is 33.9 Å². The molecular formula is C93H127N11O13Si2. The van der Waals surface area contributed by atoms with Gasteiger partial charge in [-0.25, -0.2) is 14.8 Å². The quantitative estimate of drug-likeness (QED) is 0.00791. The van der Waals surface area contributed by atoms with Crippen LogP contribution in [0.25, 0.3) is 0 Å². The van der Waals surface area contributed by atoms with Crippen LogP contribution in [0.3, 0.4) is 0 Å². The molecule has 5 aliphatic heterocycles. The van der Waals surface area contributed by atoms with E-state index in [2.05, 4.69) is 187 Å². The number of fused-ring (bicyclic) bond motifs is 4. The summed E-state index contributed by atoms with van der Waals surface area (Å²) in [7, 11) is -2.79. The Morgan fingerprint density at radius 3 is 1.81 bits per heavy atom. The number of aliphatic hydroxyl groups excluding tert-OH is 1. The normalized spacial score (nSPS) is 24.8. The molecule has 6 aliphatic rings. The number of amides is 4. The summed E-state index contributed by atoms with van der Waals surface area (Å²) in [6, 6.07) is 36.4. The average molecular weight is 1660 g/mol. The van der Waals surface area contributed by atoms with E-state index < -0.39 is 70.5 Å². The van der Waals surface area contributed by atoms with Crippen LogP contribution in [-0.2, 0) is 37.4 Å². The number of aliphatic imine (C=N–C) groups is 2. The minimum atomic E-state index is -2.91. The van der Waals surface area contributed by atoms with Crippen LogP contribution < -0.4 is 57.9 Å². The van der Waals surface area contributed by atoms with Crippen molar-refractivity contribution in [2.24, 2.45) is 27.6 Å². The predicted octanol–water partition coefficient (Wildman–Crippen LogP) is 10.5. The number of methoxy groups -OCH3 is 2. The lowest BCUT2D eigenvalue weighted by Crippen LogP contribution is -2.67. The highest BCUT2D eigenvalue weighted by atomic mass is 28.4. The Kier molecular flexibility index (Phi) is 32.6. The molecule has 5 heterocycles. The molecule has 640 valence electrons. The molecule has 26 heteroatoms. The van der Waals surface area contributed by atoms with E-state index in [1.807, 2.05) is 39.0 Å². The minimum Gasteiger partial charge on any atom is -0.494 e. The van der Waals surface area contributed by atoms with E-state index >= 15 is 0 Å². The van der Waals surface area contributed by atoms with Gasteiger partial charge in [0.25, 0.3) is 34.4 Å². The van der Waals surface area contributed by atoms with Crippen molar-refractivity contribution in [2.45, 2.75) is 199 Å². The third kappa shape index (κ3) is 23.2. The van der Waals surface area contributed by atoms with Gasteiger partial charge in [-0.3, -0.25) is 24.0 Å². The maximum atomic E-state index is 14.6. The lowest BCUT2D eigenvalue weighted by molar-refractivity contribution is -0.120. The van der Waals surface area contributed by atoms with Gasteiger partial charge in [-0.1, -0.05) is 214 Å². The Bertz CT molecular complexity index is 4450. The van der Waals surface area contributed by atoms with Crippen molar-refractivity contribution in [1.29, 1.82) is 0 Å². The number of carbonyl (C=O) groups excluding carboxylic acids is 6.